The zero-order valence-electron chi connectivity index (χ0n) is 9.74. The number of nitrogens with one attached hydrogen (secondary N) is 1. The minimum Gasteiger partial charge on any atom is -0.317 e. The van der Waals surface area contributed by atoms with Crippen LogP contribution >= 0.6 is 0 Å². The normalized spacial score (nSPS) is 15.6. The van der Waals surface area contributed by atoms with Crippen molar-refractivity contribution in [1.29, 1.82) is 0 Å². The van der Waals surface area contributed by atoms with Crippen molar-refractivity contribution < 1.29 is 17.6 Å². The zero-order valence-corrected chi connectivity index (χ0v) is 9.74. The van der Waals surface area contributed by atoms with Gasteiger partial charge in [-0.2, -0.15) is 13.2 Å². The molecule has 5 heteroatoms. The summed E-state index contributed by atoms with van der Waals surface area (Å²) in [6.07, 6.45) is -4.43. The van der Waals surface area contributed by atoms with Gasteiger partial charge in [0.15, 0.2) is 0 Å². The quantitative estimate of drug-likeness (QED) is 0.808. The second-order valence-corrected chi connectivity index (χ2v) is 4.32. The Balaban J connectivity index is 2.86. The average molecular weight is 249 g/mol. The molecule has 0 aliphatic rings. The van der Waals surface area contributed by atoms with E-state index in [9.17, 15) is 17.6 Å². The molecule has 1 aromatic carbocycles. The fraction of sp³-hybridized carbons (Fsp3) is 0.500. The van der Waals surface area contributed by atoms with Gasteiger partial charge in [-0.15, -0.1) is 0 Å². The maximum Gasteiger partial charge on any atom is 0.416 e. The number of halogens is 4. The summed E-state index contributed by atoms with van der Waals surface area (Å²) >= 11 is 0. The van der Waals surface area contributed by atoms with Crippen LogP contribution < -0.4 is 5.32 Å². The molecule has 0 spiro atoms. The van der Waals surface area contributed by atoms with E-state index in [0.29, 0.717) is 5.56 Å². The molecule has 1 rings (SSSR count). The molecule has 0 bridgehead atoms. The molecule has 96 valence electrons. The maximum atomic E-state index is 13.9. The van der Waals surface area contributed by atoms with E-state index in [2.05, 4.69) is 5.32 Å². The molecule has 0 aliphatic heterocycles. The summed E-state index contributed by atoms with van der Waals surface area (Å²) in [5.41, 5.74) is -1.95. The molecule has 1 aromatic rings. The average Bonchev–Trinajstić information content (AvgIpc) is 2.15. The first-order valence-electron chi connectivity index (χ1n) is 5.24. The first-order valence-corrected chi connectivity index (χ1v) is 5.24. The van der Waals surface area contributed by atoms with E-state index in [4.69, 9.17) is 0 Å². The van der Waals surface area contributed by atoms with Crippen molar-refractivity contribution in [2.24, 2.45) is 0 Å². The molecule has 1 nitrogen and oxygen atoms in total. The van der Waals surface area contributed by atoms with Crippen molar-refractivity contribution in [2.45, 2.75) is 25.2 Å². The standard InChI is InChI=1S/C12H15F4N/c1-11(13,8-17-2)7-9-4-3-5-10(6-9)12(14,15)16/h3-6,17H,7-8H2,1-2H3. The summed E-state index contributed by atoms with van der Waals surface area (Å²) in [6.45, 7) is 1.47. The van der Waals surface area contributed by atoms with E-state index >= 15 is 0 Å². The van der Waals surface area contributed by atoms with Crippen molar-refractivity contribution in [3.63, 3.8) is 0 Å². The zero-order chi connectivity index (χ0) is 13.1. The van der Waals surface area contributed by atoms with Crippen LogP contribution in [0.25, 0.3) is 0 Å². The van der Waals surface area contributed by atoms with E-state index in [1.807, 2.05) is 0 Å². The summed E-state index contributed by atoms with van der Waals surface area (Å²) in [6, 6.07) is 4.78. The number of alkyl halides is 4. The number of rotatable bonds is 4. The molecule has 0 amide bonds. The SMILES string of the molecule is CNCC(C)(F)Cc1cccc(C(F)(F)F)c1. The third-order valence-electron chi connectivity index (χ3n) is 2.37. The van der Waals surface area contributed by atoms with Gasteiger partial charge < -0.3 is 5.32 Å². The van der Waals surface area contributed by atoms with Gasteiger partial charge in [0.05, 0.1) is 5.56 Å². The van der Waals surface area contributed by atoms with E-state index in [1.165, 1.54) is 19.1 Å². The van der Waals surface area contributed by atoms with Crippen LogP contribution in [0.1, 0.15) is 18.1 Å². The molecule has 0 saturated heterocycles. The fourth-order valence-electron chi connectivity index (χ4n) is 1.71. The van der Waals surface area contributed by atoms with Gasteiger partial charge in [-0.05, 0) is 25.6 Å². The number of hydrogen-bond acceptors (Lipinski definition) is 1. The first kappa shape index (κ1) is 14.0. The van der Waals surface area contributed by atoms with Gasteiger partial charge in [-0.1, -0.05) is 18.2 Å². The van der Waals surface area contributed by atoms with Gasteiger partial charge >= 0.3 is 6.18 Å². The largest absolute Gasteiger partial charge is 0.416 e. The summed E-state index contributed by atoms with van der Waals surface area (Å²) in [5, 5.41) is 2.68. The van der Waals surface area contributed by atoms with Gasteiger partial charge in [-0.25, -0.2) is 4.39 Å². The Kier molecular flexibility index (Phi) is 4.14. The highest BCUT2D eigenvalue weighted by Crippen LogP contribution is 2.30. The van der Waals surface area contributed by atoms with Gasteiger partial charge in [0.2, 0.25) is 0 Å². The van der Waals surface area contributed by atoms with Crippen molar-refractivity contribution in [2.75, 3.05) is 13.6 Å². The minimum absolute atomic E-state index is 0.0439. The Labute approximate surface area is 97.8 Å². The summed E-state index contributed by atoms with van der Waals surface area (Å²) < 4.78 is 51.2. The van der Waals surface area contributed by atoms with Crippen LogP contribution in [0.5, 0.6) is 0 Å². The molecule has 0 heterocycles. The molecular formula is C12H15F4N. The third kappa shape index (κ3) is 4.34. The monoisotopic (exact) mass is 249 g/mol. The second kappa shape index (κ2) is 5.04. The summed E-state index contributed by atoms with van der Waals surface area (Å²) in [5.74, 6) is 0. The van der Waals surface area contributed by atoms with Crippen LogP contribution in [0.2, 0.25) is 0 Å². The minimum atomic E-state index is -4.38. The lowest BCUT2D eigenvalue weighted by atomic mass is 9.97. The lowest BCUT2D eigenvalue weighted by molar-refractivity contribution is -0.137. The van der Waals surface area contributed by atoms with Crippen LogP contribution in [0.3, 0.4) is 0 Å². The molecular weight excluding hydrogens is 234 g/mol. The van der Waals surface area contributed by atoms with Crippen LogP contribution in [0.4, 0.5) is 17.6 Å². The van der Waals surface area contributed by atoms with Crippen LogP contribution in [0.15, 0.2) is 24.3 Å². The molecule has 0 aliphatic carbocycles. The smallest absolute Gasteiger partial charge is 0.317 e. The molecule has 0 radical (unpaired) electrons. The predicted molar refractivity (Wildman–Crippen MR) is 58.6 cm³/mol. The van der Waals surface area contributed by atoms with Gasteiger partial charge in [0.1, 0.15) is 5.67 Å². The molecule has 0 fully saturated rings. The Morgan fingerprint density at radius 2 is 1.82 bits per heavy atom. The molecule has 1 atom stereocenters. The van der Waals surface area contributed by atoms with Crippen molar-refractivity contribution in [1.82, 2.24) is 5.32 Å². The highest BCUT2D eigenvalue weighted by Gasteiger charge is 2.31. The van der Waals surface area contributed by atoms with Gasteiger partial charge in [0, 0.05) is 13.0 Å². The molecule has 1 N–H and O–H groups in total. The van der Waals surface area contributed by atoms with Crippen molar-refractivity contribution >= 4 is 0 Å². The Morgan fingerprint density at radius 1 is 1.18 bits per heavy atom. The molecule has 0 aromatic heterocycles. The molecule has 17 heavy (non-hydrogen) atoms. The third-order valence-corrected chi connectivity index (χ3v) is 2.37. The van der Waals surface area contributed by atoms with Crippen molar-refractivity contribution in [3.05, 3.63) is 35.4 Å². The Hall–Kier alpha value is -1.10. The molecule has 1 unspecified atom stereocenters. The maximum absolute atomic E-state index is 13.9. The van der Waals surface area contributed by atoms with Crippen LogP contribution in [0, 0.1) is 0 Å². The van der Waals surface area contributed by atoms with Crippen LogP contribution in [-0.4, -0.2) is 19.3 Å². The van der Waals surface area contributed by atoms with E-state index < -0.39 is 17.4 Å². The lowest BCUT2D eigenvalue weighted by Gasteiger charge is -2.20. The van der Waals surface area contributed by atoms with Gasteiger partial charge in [-0.3, -0.25) is 0 Å². The number of hydrogen-bond donors (Lipinski definition) is 1. The highest BCUT2D eigenvalue weighted by molar-refractivity contribution is 5.26. The van der Waals surface area contributed by atoms with Gasteiger partial charge in [0.25, 0.3) is 0 Å². The first-order chi connectivity index (χ1) is 7.74. The van der Waals surface area contributed by atoms with E-state index in [1.54, 1.807) is 7.05 Å². The highest BCUT2D eigenvalue weighted by atomic mass is 19.4. The Morgan fingerprint density at radius 3 is 2.35 bits per heavy atom. The summed E-state index contributed by atoms with van der Waals surface area (Å²) in [4.78, 5) is 0. The van der Waals surface area contributed by atoms with E-state index in [-0.39, 0.29) is 13.0 Å². The van der Waals surface area contributed by atoms with E-state index in [0.717, 1.165) is 12.1 Å². The predicted octanol–water partition coefficient (Wildman–Crippen LogP) is 3.20. The second-order valence-electron chi connectivity index (χ2n) is 4.32. The topological polar surface area (TPSA) is 12.0 Å². The summed E-state index contributed by atoms with van der Waals surface area (Å²) in [7, 11) is 1.60. The van der Waals surface area contributed by atoms with Crippen LogP contribution in [-0.2, 0) is 12.6 Å². The Bertz CT molecular complexity index is 371. The fourth-order valence-corrected chi connectivity index (χ4v) is 1.71. The van der Waals surface area contributed by atoms with Crippen molar-refractivity contribution in [3.8, 4) is 0 Å². The lowest BCUT2D eigenvalue weighted by Crippen LogP contribution is -2.33. The number of benzene rings is 1. The molecule has 0 saturated carbocycles.